The molecule has 4 aliphatic rings. The highest BCUT2D eigenvalue weighted by Crippen LogP contribution is 2.67. The van der Waals surface area contributed by atoms with Gasteiger partial charge in [-0.3, -0.25) is 0 Å². The molecule has 0 amide bonds. The maximum absolute atomic E-state index is 8.34. The average molecular weight is 1080 g/mol. The lowest BCUT2D eigenvalue weighted by Gasteiger charge is -2.62. The average Bonchev–Trinajstić information content (AvgIpc) is 4.04. The molecule has 0 spiro atoms. The van der Waals surface area contributed by atoms with Gasteiger partial charge in [0.2, 0.25) is 0 Å². The van der Waals surface area contributed by atoms with E-state index in [0.29, 0.717) is 23.7 Å². The summed E-state index contributed by atoms with van der Waals surface area (Å²) in [5, 5.41) is 11.8. The zero-order valence-corrected chi connectivity index (χ0v) is 48.7. The van der Waals surface area contributed by atoms with Crippen LogP contribution in [0.5, 0.6) is 0 Å². The van der Waals surface area contributed by atoms with Crippen molar-refractivity contribution in [1.29, 1.82) is 0 Å². The summed E-state index contributed by atoms with van der Waals surface area (Å²) in [7, 11) is -8.98. The minimum absolute atomic E-state index is 0.0350. The lowest BCUT2D eigenvalue weighted by atomic mass is 9.44. The van der Waals surface area contributed by atoms with Crippen LogP contribution in [0.3, 0.4) is 0 Å². The second-order valence-electron chi connectivity index (χ2n) is 23.8. The van der Waals surface area contributed by atoms with Gasteiger partial charge in [0.1, 0.15) is 0 Å². The molecule has 0 aromatic heterocycles. The molecule has 0 N–H and O–H groups in total. The smallest absolute Gasteiger partial charge is 0.288 e. The van der Waals surface area contributed by atoms with Crippen LogP contribution in [0, 0.1) is 34.5 Å². The summed E-state index contributed by atoms with van der Waals surface area (Å²) >= 11 is 0. The van der Waals surface area contributed by atoms with Crippen LogP contribution >= 0.6 is 0 Å². The summed E-state index contributed by atoms with van der Waals surface area (Å²) in [6.07, 6.45) is 10.4. The first-order chi connectivity index (χ1) is 39.0. The van der Waals surface area contributed by atoms with E-state index in [1.54, 1.807) is 0 Å². The van der Waals surface area contributed by atoms with E-state index in [9.17, 15) is 0 Å². The Balaban J connectivity index is 0.901. The molecule has 396 valence electrons. The highest BCUT2D eigenvalue weighted by atomic mass is 28.4. The van der Waals surface area contributed by atoms with Crippen LogP contribution < -0.4 is 46.7 Å². The van der Waals surface area contributed by atoms with Crippen molar-refractivity contribution >= 4 is 71.6 Å². The Labute approximate surface area is 473 Å². The van der Waals surface area contributed by atoms with E-state index in [-0.39, 0.29) is 23.0 Å². The number of fused-ring (bicyclic) bond motifs is 5. The summed E-state index contributed by atoms with van der Waals surface area (Å²) < 4.78 is 24.8. The Morgan fingerprint density at radius 2 is 0.684 bits per heavy atom. The first-order valence-corrected chi connectivity index (χ1v) is 35.2. The molecule has 0 heterocycles. The van der Waals surface area contributed by atoms with E-state index in [1.165, 1.54) is 72.4 Å². The van der Waals surface area contributed by atoms with Gasteiger partial charge in [0.15, 0.2) is 0 Å². The Morgan fingerprint density at radius 3 is 1.05 bits per heavy atom. The van der Waals surface area contributed by atoms with Gasteiger partial charge in [-0.25, -0.2) is 0 Å². The maximum atomic E-state index is 8.34. The molecule has 4 aliphatic carbocycles. The predicted molar refractivity (Wildman–Crippen MR) is 334 cm³/mol. The molecule has 8 atom stereocenters. The van der Waals surface area contributed by atoms with Crippen LogP contribution in [0.15, 0.2) is 273 Å². The van der Waals surface area contributed by atoms with Crippen LogP contribution in [0.1, 0.15) is 64.7 Å². The minimum Gasteiger partial charge on any atom is -0.404 e. The Morgan fingerprint density at radius 1 is 0.342 bits per heavy atom. The topological polar surface area (TPSA) is 27.7 Å². The van der Waals surface area contributed by atoms with Gasteiger partial charge in [-0.2, -0.15) is 0 Å². The Bertz CT molecular complexity index is 3090. The minimum atomic E-state index is -3.05. The van der Waals surface area contributed by atoms with E-state index in [2.05, 4.69) is 280 Å². The molecule has 13 rings (SSSR count). The fraction of sp³-hybridized carbons (Fsp3) is 0.260. The van der Waals surface area contributed by atoms with Gasteiger partial charge in [-0.15, -0.1) is 0 Å². The third-order valence-electron chi connectivity index (χ3n) is 20.1. The summed E-state index contributed by atoms with van der Waals surface area (Å²) in [6, 6.07) is 102. The van der Waals surface area contributed by atoms with Crippen molar-refractivity contribution in [2.75, 3.05) is 6.61 Å². The van der Waals surface area contributed by atoms with E-state index >= 15 is 0 Å². The van der Waals surface area contributed by atoms with Gasteiger partial charge in [-0.05, 0) is 139 Å². The van der Waals surface area contributed by atoms with Crippen LogP contribution in [0.4, 0.5) is 0 Å². The highest BCUT2D eigenvalue weighted by Gasteiger charge is 2.64. The zero-order chi connectivity index (χ0) is 53.2. The van der Waals surface area contributed by atoms with Crippen molar-refractivity contribution < 1.29 is 13.3 Å². The second kappa shape index (κ2) is 22.2. The summed E-state index contributed by atoms with van der Waals surface area (Å²) in [4.78, 5) is 0. The van der Waals surface area contributed by atoms with Gasteiger partial charge in [0, 0.05) is 12.7 Å². The fourth-order valence-corrected chi connectivity index (χ4v) is 28.8. The van der Waals surface area contributed by atoms with E-state index in [0.717, 1.165) is 38.7 Å². The first kappa shape index (κ1) is 51.9. The maximum Gasteiger partial charge on any atom is 0.288 e. The Kier molecular flexibility index (Phi) is 14.6. The summed E-state index contributed by atoms with van der Waals surface area (Å²) in [6.45, 7) is 3.40. The molecule has 4 fully saturated rings. The molecule has 0 bridgehead atoms. The van der Waals surface area contributed by atoms with Gasteiger partial charge in [0.25, 0.3) is 25.0 Å². The number of rotatable bonds is 16. The second-order valence-corrected chi connectivity index (χ2v) is 33.8. The lowest BCUT2D eigenvalue weighted by molar-refractivity contribution is -0.152. The van der Waals surface area contributed by atoms with Crippen LogP contribution in [0.25, 0.3) is 0 Å². The quantitative estimate of drug-likeness (QED) is 0.0713. The SMILES string of the molecule is C[C@]12CC[C@@H]3[C@@H](CCC4CC(O[Si](c5ccccc5)(c5ccccc5)c5ccccc5)CC[C@@]43CO[Si](c3ccccc3)(c3ccccc3)c3ccccc3)[C@@H]1CCC2O[Si](c1ccccc1)(c1ccccc1)c1ccccc1. The summed E-state index contributed by atoms with van der Waals surface area (Å²) in [5.74, 6) is 2.11. The van der Waals surface area contributed by atoms with Crippen molar-refractivity contribution in [1.82, 2.24) is 0 Å². The normalized spacial score (nSPS) is 24.9. The van der Waals surface area contributed by atoms with E-state index < -0.39 is 25.0 Å². The fourth-order valence-electron chi connectivity index (χ4n) is 16.5. The standard InChI is InChI=1S/C73H74O3Si3/c1-72-53-52-70-68(69(72)49-50-71(72)76-79(65-41-23-8-24-42-65,66-43-25-9-26-44-66)67-45-27-10-28-46-67)48-47-57-55-58(75-78(62-35-17-5-18-36-62,63-37-19-6-20-38-63)64-39-21-7-22-40-64)51-54-73(57,70)56-74-77(59-29-11-2-12-30-59,60-31-13-3-14-32-60)61-33-15-4-16-34-61/h2-46,57-58,68-71H,47-56H2,1H3/t57?,58?,68-,69-,70+,71?,72-,73+/m0/s1. The third kappa shape index (κ3) is 9.13. The van der Waals surface area contributed by atoms with Crippen LogP contribution in [-0.2, 0) is 13.3 Å². The van der Waals surface area contributed by atoms with Gasteiger partial charge >= 0.3 is 0 Å². The Hall–Kier alpha value is -6.49. The van der Waals surface area contributed by atoms with Gasteiger partial charge in [-0.1, -0.05) is 280 Å². The molecule has 79 heavy (non-hydrogen) atoms. The molecular weight excluding hydrogens is 1010 g/mol. The summed E-state index contributed by atoms with van der Waals surface area (Å²) in [5.41, 5.74) is 0.00253. The molecule has 6 heteroatoms. The van der Waals surface area contributed by atoms with Gasteiger partial charge in [0.05, 0.1) is 6.10 Å². The van der Waals surface area contributed by atoms with Crippen LogP contribution in [0.2, 0.25) is 0 Å². The highest BCUT2D eigenvalue weighted by molar-refractivity contribution is 7.08. The first-order valence-electron chi connectivity index (χ1n) is 29.5. The molecule has 9 aromatic rings. The monoisotopic (exact) mass is 1080 g/mol. The largest absolute Gasteiger partial charge is 0.404 e. The molecule has 3 nitrogen and oxygen atoms in total. The van der Waals surface area contributed by atoms with Gasteiger partial charge < -0.3 is 13.3 Å². The molecular formula is C73H74O3Si3. The van der Waals surface area contributed by atoms with E-state index in [4.69, 9.17) is 13.3 Å². The molecule has 3 unspecified atom stereocenters. The molecule has 0 aliphatic heterocycles. The number of hydrogen-bond acceptors (Lipinski definition) is 3. The lowest BCUT2D eigenvalue weighted by Crippen LogP contribution is -2.72. The van der Waals surface area contributed by atoms with Crippen molar-refractivity contribution in [3.63, 3.8) is 0 Å². The molecule has 0 radical (unpaired) electrons. The van der Waals surface area contributed by atoms with Crippen molar-refractivity contribution in [3.05, 3.63) is 273 Å². The van der Waals surface area contributed by atoms with Crippen molar-refractivity contribution in [3.8, 4) is 0 Å². The third-order valence-corrected chi connectivity index (χ3v) is 32.3. The molecule has 9 aromatic carbocycles. The van der Waals surface area contributed by atoms with Crippen LogP contribution in [-0.4, -0.2) is 43.8 Å². The zero-order valence-electron chi connectivity index (χ0n) is 45.7. The van der Waals surface area contributed by atoms with E-state index in [1.807, 2.05) is 0 Å². The predicted octanol–water partition coefficient (Wildman–Crippen LogP) is 10.8. The molecule has 4 saturated carbocycles. The number of benzene rings is 9. The van der Waals surface area contributed by atoms with Crippen molar-refractivity contribution in [2.24, 2.45) is 34.5 Å². The van der Waals surface area contributed by atoms with Crippen molar-refractivity contribution in [2.45, 2.75) is 76.9 Å². The number of hydrogen-bond donors (Lipinski definition) is 0. The molecule has 0 saturated heterocycles.